The highest BCUT2D eigenvalue weighted by Gasteiger charge is 2.52. The number of carbonyl (C=O) groups excluding carboxylic acids is 2. The number of rotatable bonds is 7. The van der Waals surface area contributed by atoms with Crippen LogP contribution in [-0.4, -0.2) is 67.5 Å². The second-order valence-electron chi connectivity index (χ2n) is 12.4. The predicted octanol–water partition coefficient (Wildman–Crippen LogP) is 4.22. The zero-order valence-electron chi connectivity index (χ0n) is 23.4. The second kappa shape index (κ2) is 10.8. The van der Waals surface area contributed by atoms with E-state index in [9.17, 15) is 23.5 Å². The van der Waals surface area contributed by atoms with Crippen LogP contribution in [0.5, 0.6) is 5.75 Å². The van der Waals surface area contributed by atoms with E-state index in [1.807, 2.05) is 16.7 Å². The zero-order chi connectivity index (χ0) is 29.1. The summed E-state index contributed by atoms with van der Waals surface area (Å²) in [6.07, 6.45) is 1.69. The Morgan fingerprint density at radius 3 is 2.76 bits per heavy atom. The van der Waals surface area contributed by atoms with Gasteiger partial charge in [-0.3, -0.25) is 9.59 Å². The first kappa shape index (κ1) is 28.3. The van der Waals surface area contributed by atoms with Crippen LogP contribution >= 0.6 is 11.6 Å². The number of nitrogens with zero attached hydrogens (tertiary/aromatic N) is 5. The Morgan fingerprint density at radius 1 is 1.29 bits per heavy atom. The van der Waals surface area contributed by atoms with E-state index in [1.165, 1.54) is 7.05 Å². The molecule has 0 radical (unpaired) electrons. The smallest absolute Gasteiger partial charge is 0.282 e. The van der Waals surface area contributed by atoms with Crippen LogP contribution < -0.4 is 4.74 Å². The van der Waals surface area contributed by atoms with E-state index in [0.29, 0.717) is 68.1 Å². The highest BCUT2D eigenvalue weighted by molar-refractivity contribution is 6.31. The molecule has 2 aliphatic heterocycles. The first-order chi connectivity index (χ1) is 19.6. The van der Waals surface area contributed by atoms with Crippen molar-refractivity contribution in [3.63, 3.8) is 0 Å². The molecule has 222 valence electrons. The minimum atomic E-state index is -2.76. The van der Waals surface area contributed by atoms with Gasteiger partial charge in [-0.25, -0.2) is 13.5 Å². The third-order valence-corrected chi connectivity index (χ3v) is 9.94. The lowest BCUT2D eigenvalue weighted by molar-refractivity contribution is -0.144. The molecule has 6 rings (SSSR count). The van der Waals surface area contributed by atoms with Gasteiger partial charge in [0.15, 0.2) is 0 Å². The highest BCUT2D eigenvalue weighted by atomic mass is 35.5. The van der Waals surface area contributed by atoms with Crippen molar-refractivity contribution in [1.29, 1.82) is 0 Å². The quantitative estimate of drug-likeness (QED) is 0.517. The molecule has 1 saturated heterocycles. The fraction of sp³-hybridized carbons (Fsp3) is 0.655. The van der Waals surface area contributed by atoms with Crippen molar-refractivity contribution in [3.8, 4) is 5.75 Å². The molecule has 2 saturated carbocycles. The van der Waals surface area contributed by atoms with Crippen LogP contribution in [-0.2, 0) is 29.7 Å². The molecule has 3 fully saturated rings. The number of likely N-dealkylation sites (tertiary alicyclic amines) is 1. The summed E-state index contributed by atoms with van der Waals surface area (Å²) in [6.45, 7) is 3.20. The van der Waals surface area contributed by atoms with Crippen LogP contribution in [0.25, 0.3) is 0 Å². The molecule has 2 amide bonds. The minimum absolute atomic E-state index is 0.00710. The van der Waals surface area contributed by atoms with Gasteiger partial charge in [0, 0.05) is 49.6 Å². The van der Waals surface area contributed by atoms with Gasteiger partial charge >= 0.3 is 0 Å². The van der Waals surface area contributed by atoms with Crippen LogP contribution in [0.1, 0.15) is 80.4 Å². The SMILES string of the molecule is C[C@H]1C[C@@H](O)CC[C@H]1C(=O)N1CCc2c(Cl)ccc(OCc3nnn(C)c3C(F)F)c2[C@H]1CN1CC2(CC2)CC1=O. The average molecular weight is 592 g/mol. The number of aliphatic hydroxyl groups excluding tert-OH is 1. The van der Waals surface area contributed by atoms with Crippen LogP contribution in [0.4, 0.5) is 8.78 Å². The van der Waals surface area contributed by atoms with Crippen molar-refractivity contribution in [3.05, 3.63) is 39.7 Å². The molecule has 9 nitrogen and oxygen atoms in total. The molecule has 0 bridgehead atoms. The number of hydrogen-bond donors (Lipinski definition) is 1. The molecule has 0 unspecified atom stereocenters. The lowest BCUT2D eigenvalue weighted by atomic mass is 9.77. The summed E-state index contributed by atoms with van der Waals surface area (Å²) in [7, 11) is 1.41. The van der Waals surface area contributed by atoms with E-state index in [4.69, 9.17) is 16.3 Å². The van der Waals surface area contributed by atoms with Gasteiger partial charge in [-0.1, -0.05) is 23.7 Å². The number of ether oxygens (including phenoxy) is 1. The number of alkyl halides is 2. The number of benzene rings is 1. The summed E-state index contributed by atoms with van der Waals surface area (Å²) in [6, 6.07) is 2.92. The molecule has 1 aromatic carbocycles. The maximum absolute atomic E-state index is 14.1. The fourth-order valence-electron chi connectivity index (χ4n) is 7.10. The molecule has 1 spiro atoms. The molecule has 2 aliphatic carbocycles. The summed E-state index contributed by atoms with van der Waals surface area (Å²) in [4.78, 5) is 31.0. The van der Waals surface area contributed by atoms with E-state index < -0.39 is 18.6 Å². The van der Waals surface area contributed by atoms with Crippen molar-refractivity contribution < 1.29 is 28.2 Å². The van der Waals surface area contributed by atoms with Crippen LogP contribution in [0.3, 0.4) is 0 Å². The van der Waals surface area contributed by atoms with Crippen molar-refractivity contribution in [2.24, 2.45) is 24.3 Å². The summed E-state index contributed by atoms with van der Waals surface area (Å²) in [5, 5.41) is 18.3. The van der Waals surface area contributed by atoms with Gasteiger partial charge in [0.1, 0.15) is 23.7 Å². The molecular weight excluding hydrogens is 556 g/mol. The first-order valence-electron chi connectivity index (χ1n) is 14.4. The fourth-order valence-corrected chi connectivity index (χ4v) is 7.36. The van der Waals surface area contributed by atoms with Crippen molar-refractivity contribution in [1.82, 2.24) is 24.8 Å². The number of aliphatic hydroxyl groups is 1. The normalized spacial score (nSPS) is 27.0. The Hall–Kier alpha value is -2.79. The number of carbonyl (C=O) groups is 2. The molecule has 4 aliphatic rings. The van der Waals surface area contributed by atoms with E-state index in [-0.39, 0.29) is 47.1 Å². The van der Waals surface area contributed by atoms with Crippen LogP contribution in [0, 0.1) is 17.3 Å². The third kappa shape index (κ3) is 5.31. The van der Waals surface area contributed by atoms with E-state index in [1.54, 1.807) is 12.1 Å². The first-order valence-corrected chi connectivity index (χ1v) is 14.8. The number of hydrogen-bond acceptors (Lipinski definition) is 6. The van der Waals surface area contributed by atoms with Gasteiger partial charge in [-0.15, -0.1) is 5.10 Å². The Kier molecular flexibility index (Phi) is 7.46. The molecule has 1 N–H and O–H groups in total. The lowest BCUT2D eigenvalue weighted by Crippen LogP contribution is -2.49. The van der Waals surface area contributed by atoms with Crippen LogP contribution in [0.2, 0.25) is 5.02 Å². The molecule has 41 heavy (non-hydrogen) atoms. The predicted molar refractivity (Wildman–Crippen MR) is 145 cm³/mol. The van der Waals surface area contributed by atoms with E-state index >= 15 is 0 Å². The zero-order valence-corrected chi connectivity index (χ0v) is 24.1. The monoisotopic (exact) mass is 591 g/mol. The third-order valence-electron chi connectivity index (χ3n) is 9.58. The maximum atomic E-state index is 14.1. The summed E-state index contributed by atoms with van der Waals surface area (Å²) >= 11 is 6.69. The number of amides is 2. The maximum Gasteiger partial charge on any atom is 0.282 e. The van der Waals surface area contributed by atoms with E-state index in [2.05, 4.69) is 10.3 Å². The Labute approximate surface area is 242 Å². The Bertz CT molecular complexity index is 1350. The number of fused-ring (bicyclic) bond motifs is 1. The van der Waals surface area contributed by atoms with Crippen molar-refractivity contribution >= 4 is 23.4 Å². The van der Waals surface area contributed by atoms with E-state index in [0.717, 1.165) is 23.1 Å². The second-order valence-corrected chi connectivity index (χ2v) is 12.8. The average Bonchev–Trinajstić information content (AvgIpc) is 3.45. The number of aryl methyl sites for hydroxylation is 1. The minimum Gasteiger partial charge on any atom is -0.487 e. The molecule has 2 aromatic rings. The summed E-state index contributed by atoms with van der Waals surface area (Å²) < 4.78 is 34.5. The topological polar surface area (TPSA) is 101 Å². The van der Waals surface area contributed by atoms with Gasteiger partial charge in [0.25, 0.3) is 6.43 Å². The Morgan fingerprint density at radius 2 is 2.07 bits per heavy atom. The highest BCUT2D eigenvalue weighted by Crippen LogP contribution is 2.54. The standard InChI is InChI=1S/C29H36ClF2N5O4/c1-16-11-17(38)3-4-18(16)28(40)37-10-7-19-20(30)5-6-23(41-14-21-26(27(31)32)35(2)34-33-21)25(19)22(37)13-36-15-29(8-9-29)12-24(36)39/h5-6,16-18,22,27,38H,3-4,7-15H2,1-2H3/t16-,17-,18+,22+/m0/s1. The molecule has 12 heteroatoms. The van der Waals surface area contributed by atoms with Gasteiger partial charge in [0.2, 0.25) is 11.8 Å². The van der Waals surface area contributed by atoms with Crippen molar-refractivity contribution in [2.45, 2.75) is 77.0 Å². The van der Waals surface area contributed by atoms with Crippen molar-refractivity contribution in [2.75, 3.05) is 19.6 Å². The summed E-state index contributed by atoms with van der Waals surface area (Å²) in [5.41, 5.74) is 1.33. The largest absolute Gasteiger partial charge is 0.487 e. The molecule has 1 aromatic heterocycles. The van der Waals surface area contributed by atoms with Gasteiger partial charge in [0.05, 0.1) is 12.1 Å². The Balaban J connectivity index is 1.35. The van der Waals surface area contributed by atoms with Gasteiger partial charge in [-0.05, 0) is 67.6 Å². The van der Waals surface area contributed by atoms with Gasteiger partial charge in [-0.2, -0.15) is 0 Å². The molecule has 4 atom stereocenters. The molecular formula is C29H36ClF2N5O4. The van der Waals surface area contributed by atoms with Crippen LogP contribution in [0.15, 0.2) is 12.1 Å². The summed E-state index contributed by atoms with van der Waals surface area (Å²) in [5.74, 6) is 0.311. The van der Waals surface area contributed by atoms with Gasteiger partial charge < -0.3 is 19.6 Å². The lowest BCUT2D eigenvalue weighted by Gasteiger charge is -2.43. The molecule has 3 heterocycles. The number of halogens is 3. The number of aromatic nitrogens is 3.